The van der Waals surface area contributed by atoms with Crippen LogP contribution in [0.25, 0.3) is 0 Å². The Hall–Kier alpha value is -0.580. The summed E-state index contributed by atoms with van der Waals surface area (Å²) in [5.74, 6) is 0.276. The van der Waals surface area contributed by atoms with Gasteiger partial charge in [0.05, 0.1) is 30.1 Å². The minimum atomic E-state index is -0.531. The highest BCUT2D eigenvalue weighted by molar-refractivity contribution is 6.31. The zero-order chi connectivity index (χ0) is 12.6. The normalized spacial score (nSPS) is 23.7. The lowest BCUT2D eigenvalue weighted by Crippen LogP contribution is -2.15. The highest BCUT2D eigenvalue weighted by atomic mass is 35.5. The molecule has 0 spiro atoms. The van der Waals surface area contributed by atoms with Crippen molar-refractivity contribution >= 4 is 11.6 Å². The van der Waals surface area contributed by atoms with Crippen molar-refractivity contribution in [2.45, 2.75) is 32.9 Å². The van der Waals surface area contributed by atoms with E-state index in [4.69, 9.17) is 16.3 Å². The number of aromatic nitrogens is 2. The molecule has 1 aliphatic carbocycles. The van der Waals surface area contributed by atoms with Gasteiger partial charge >= 0.3 is 0 Å². The van der Waals surface area contributed by atoms with Crippen molar-refractivity contribution in [2.24, 2.45) is 11.3 Å². The van der Waals surface area contributed by atoms with Crippen molar-refractivity contribution in [3.05, 3.63) is 16.9 Å². The quantitative estimate of drug-likeness (QED) is 0.881. The molecule has 1 saturated carbocycles. The summed E-state index contributed by atoms with van der Waals surface area (Å²) in [6.07, 6.45) is 2.09. The van der Waals surface area contributed by atoms with E-state index in [1.165, 1.54) is 0 Å². The molecule has 17 heavy (non-hydrogen) atoms. The van der Waals surface area contributed by atoms with Gasteiger partial charge in [0, 0.05) is 7.11 Å². The summed E-state index contributed by atoms with van der Waals surface area (Å²) in [6, 6.07) is 0. The number of nitrogens with zero attached hydrogens (tertiary/aromatic N) is 2. The first-order valence-electron chi connectivity index (χ1n) is 5.85. The molecule has 0 amide bonds. The van der Waals surface area contributed by atoms with E-state index in [1.54, 1.807) is 18.0 Å². The zero-order valence-corrected chi connectivity index (χ0v) is 11.2. The lowest BCUT2D eigenvalue weighted by molar-refractivity contribution is 0.123. The summed E-state index contributed by atoms with van der Waals surface area (Å²) in [4.78, 5) is 0. The number of rotatable bonds is 5. The Morgan fingerprint density at radius 2 is 2.35 bits per heavy atom. The summed E-state index contributed by atoms with van der Waals surface area (Å²) >= 11 is 6.10. The Labute approximate surface area is 107 Å². The molecule has 0 aromatic carbocycles. The van der Waals surface area contributed by atoms with Crippen LogP contribution in [0.15, 0.2) is 6.20 Å². The van der Waals surface area contributed by atoms with Gasteiger partial charge in [0.15, 0.2) is 0 Å². The summed E-state index contributed by atoms with van der Waals surface area (Å²) in [5, 5.41) is 15.1. The molecule has 2 atom stereocenters. The molecule has 0 aliphatic heterocycles. The molecular formula is C12H19ClN2O2. The van der Waals surface area contributed by atoms with Crippen molar-refractivity contribution in [3.63, 3.8) is 0 Å². The van der Waals surface area contributed by atoms with E-state index >= 15 is 0 Å². The number of halogens is 1. The smallest absolute Gasteiger partial charge is 0.100 e. The van der Waals surface area contributed by atoms with Crippen LogP contribution in [0, 0.1) is 11.3 Å². The Morgan fingerprint density at radius 1 is 1.71 bits per heavy atom. The second kappa shape index (κ2) is 4.59. The molecule has 1 aromatic rings. The number of methoxy groups -OCH3 is 1. The fourth-order valence-electron chi connectivity index (χ4n) is 2.26. The van der Waals surface area contributed by atoms with Gasteiger partial charge in [0.2, 0.25) is 0 Å². The Bertz CT molecular complexity index is 403. The van der Waals surface area contributed by atoms with Gasteiger partial charge in [0.1, 0.15) is 6.10 Å². The molecule has 1 heterocycles. The van der Waals surface area contributed by atoms with Crippen molar-refractivity contribution in [1.29, 1.82) is 0 Å². The molecule has 2 rings (SSSR count). The van der Waals surface area contributed by atoms with E-state index in [2.05, 4.69) is 18.9 Å². The average Bonchev–Trinajstić information content (AvgIpc) is 2.75. The fraction of sp³-hybridized carbons (Fsp3) is 0.750. The van der Waals surface area contributed by atoms with Crippen LogP contribution in [0.5, 0.6) is 0 Å². The van der Waals surface area contributed by atoms with E-state index in [0.29, 0.717) is 18.2 Å². The van der Waals surface area contributed by atoms with Gasteiger partial charge in [-0.3, -0.25) is 4.68 Å². The maximum atomic E-state index is 10.4. The van der Waals surface area contributed by atoms with E-state index in [1.807, 2.05) is 0 Å². The number of aliphatic hydroxyl groups is 1. The first-order chi connectivity index (χ1) is 7.97. The standard InChI is InChI=1S/C12H19ClN2O2/c1-12(2)6-8(12)11(16)10-9(13)7-14-15(10)4-5-17-3/h7-8,11,16H,4-6H2,1-3H3. The molecule has 0 saturated heterocycles. The van der Waals surface area contributed by atoms with Gasteiger partial charge in [0.25, 0.3) is 0 Å². The maximum Gasteiger partial charge on any atom is 0.100 e. The van der Waals surface area contributed by atoms with E-state index in [0.717, 1.165) is 12.1 Å². The lowest BCUT2D eigenvalue weighted by Gasteiger charge is -2.15. The Kier molecular flexibility index (Phi) is 3.48. The second-order valence-corrected chi connectivity index (χ2v) is 5.74. The number of hydrogen-bond donors (Lipinski definition) is 1. The maximum absolute atomic E-state index is 10.4. The zero-order valence-electron chi connectivity index (χ0n) is 10.5. The van der Waals surface area contributed by atoms with Gasteiger partial charge < -0.3 is 9.84 Å². The summed E-state index contributed by atoms with van der Waals surface area (Å²) in [7, 11) is 1.64. The largest absolute Gasteiger partial charge is 0.386 e. The predicted octanol–water partition coefficient (Wildman–Crippen LogP) is 2.26. The van der Waals surface area contributed by atoms with Crippen molar-refractivity contribution in [1.82, 2.24) is 9.78 Å². The Morgan fingerprint density at radius 3 is 2.88 bits per heavy atom. The third-order valence-electron chi connectivity index (χ3n) is 3.59. The molecule has 1 aromatic heterocycles. The van der Waals surface area contributed by atoms with Crippen LogP contribution >= 0.6 is 11.6 Å². The molecule has 2 unspecified atom stereocenters. The molecule has 0 radical (unpaired) electrons. The van der Waals surface area contributed by atoms with Gasteiger partial charge in [-0.05, 0) is 17.8 Å². The van der Waals surface area contributed by atoms with Crippen LogP contribution in [0.2, 0.25) is 5.02 Å². The fourth-order valence-corrected chi connectivity index (χ4v) is 2.51. The minimum Gasteiger partial charge on any atom is -0.386 e. The SMILES string of the molecule is COCCn1ncc(Cl)c1C(O)C1CC1(C)C. The average molecular weight is 259 g/mol. The Balaban J connectivity index is 2.16. The van der Waals surface area contributed by atoms with Gasteiger partial charge in [-0.25, -0.2) is 0 Å². The number of hydrogen-bond acceptors (Lipinski definition) is 3. The molecular weight excluding hydrogens is 240 g/mol. The molecule has 1 aliphatic rings. The predicted molar refractivity (Wildman–Crippen MR) is 66.0 cm³/mol. The third kappa shape index (κ3) is 2.49. The number of aliphatic hydroxyl groups excluding tert-OH is 1. The van der Waals surface area contributed by atoms with Crippen LogP contribution in [0.1, 0.15) is 32.1 Å². The van der Waals surface area contributed by atoms with Gasteiger partial charge in [-0.1, -0.05) is 25.4 Å². The second-order valence-electron chi connectivity index (χ2n) is 5.34. The first kappa shape index (κ1) is 12.9. The van der Waals surface area contributed by atoms with Crippen LogP contribution in [-0.2, 0) is 11.3 Å². The molecule has 4 nitrogen and oxygen atoms in total. The monoisotopic (exact) mass is 258 g/mol. The van der Waals surface area contributed by atoms with Crippen LogP contribution in [0.3, 0.4) is 0 Å². The summed E-state index contributed by atoms with van der Waals surface area (Å²) in [6.45, 7) is 5.49. The van der Waals surface area contributed by atoms with E-state index in [9.17, 15) is 5.11 Å². The molecule has 1 fully saturated rings. The molecule has 5 heteroatoms. The van der Waals surface area contributed by atoms with E-state index < -0.39 is 6.10 Å². The number of ether oxygens (including phenoxy) is 1. The van der Waals surface area contributed by atoms with Crippen molar-refractivity contribution < 1.29 is 9.84 Å². The van der Waals surface area contributed by atoms with Crippen LogP contribution in [-0.4, -0.2) is 28.6 Å². The third-order valence-corrected chi connectivity index (χ3v) is 3.88. The van der Waals surface area contributed by atoms with Gasteiger partial charge in [-0.2, -0.15) is 5.10 Å². The molecule has 0 bridgehead atoms. The van der Waals surface area contributed by atoms with Crippen LogP contribution < -0.4 is 0 Å². The minimum absolute atomic E-state index is 0.207. The van der Waals surface area contributed by atoms with Crippen molar-refractivity contribution in [3.8, 4) is 0 Å². The summed E-state index contributed by atoms with van der Waals surface area (Å²) < 4.78 is 6.76. The van der Waals surface area contributed by atoms with E-state index in [-0.39, 0.29) is 11.3 Å². The van der Waals surface area contributed by atoms with Crippen LogP contribution in [0.4, 0.5) is 0 Å². The highest BCUT2D eigenvalue weighted by Crippen LogP contribution is 2.58. The van der Waals surface area contributed by atoms with Gasteiger partial charge in [-0.15, -0.1) is 0 Å². The topological polar surface area (TPSA) is 47.3 Å². The molecule has 1 N–H and O–H groups in total. The summed E-state index contributed by atoms with van der Waals surface area (Å²) in [5.41, 5.74) is 0.929. The van der Waals surface area contributed by atoms with Crippen molar-refractivity contribution in [2.75, 3.05) is 13.7 Å². The lowest BCUT2D eigenvalue weighted by atomic mass is 10.0. The molecule has 96 valence electrons. The highest BCUT2D eigenvalue weighted by Gasteiger charge is 2.51. The first-order valence-corrected chi connectivity index (χ1v) is 6.23.